The molecule has 1 saturated heterocycles. The van der Waals surface area contributed by atoms with Crippen molar-refractivity contribution in [2.24, 2.45) is 5.92 Å². The number of nitrogens with one attached hydrogen (secondary N) is 1. The Labute approximate surface area is 158 Å². The van der Waals surface area contributed by atoms with Gasteiger partial charge >= 0.3 is 0 Å². The number of benzene rings is 2. The summed E-state index contributed by atoms with van der Waals surface area (Å²) in [7, 11) is 0. The minimum absolute atomic E-state index is 0.0435. The standard InChI is InChI=1S/C18H16BrN3O4/c1-11-2-7-15(9-16(11)22(25)26)21-10-12(8-17(21)23)18(24)20-14-5-3-13(19)4-6-14/h2-7,9,12H,8,10H2,1H3,(H,20,24)/t12-/m1/s1. The zero-order valence-electron chi connectivity index (χ0n) is 13.9. The van der Waals surface area contributed by atoms with Gasteiger partial charge in [0, 0.05) is 34.8 Å². The first-order valence-electron chi connectivity index (χ1n) is 7.97. The first-order valence-corrected chi connectivity index (χ1v) is 8.76. The molecule has 0 aromatic heterocycles. The molecule has 0 bridgehead atoms. The van der Waals surface area contributed by atoms with Crippen molar-refractivity contribution in [2.75, 3.05) is 16.8 Å². The third kappa shape index (κ3) is 3.75. The molecular weight excluding hydrogens is 402 g/mol. The van der Waals surface area contributed by atoms with E-state index in [1.807, 2.05) is 12.1 Å². The molecule has 7 nitrogen and oxygen atoms in total. The molecule has 1 heterocycles. The van der Waals surface area contributed by atoms with Crippen LogP contribution in [0.15, 0.2) is 46.9 Å². The SMILES string of the molecule is Cc1ccc(N2C[C@H](C(=O)Nc3ccc(Br)cc3)CC2=O)cc1[N+](=O)[O-]. The molecule has 2 aromatic rings. The Kier molecular flexibility index (Phi) is 5.03. The normalized spacial score (nSPS) is 16.6. The number of carbonyl (C=O) groups is 2. The fraction of sp³-hybridized carbons (Fsp3) is 0.222. The predicted molar refractivity (Wildman–Crippen MR) is 101 cm³/mol. The van der Waals surface area contributed by atoms with Crippen LogP contribution in [0.5, 0.6) is 0 Å². The number of carbonyl (C=O) groups excluding carboxylic acids is 2. The van der Waals surface area contributed by atoms with Crippen LogP contribution in [0.4, 0.5) is 17.1 Å². The molecule has 134 valence electrons. The number of nitro groups is 1. The first-order chi connectivity index (χ1) is 12.3. The maximum atomic E-state index is 12.4. The highest BCUT2D eigenvalue weighted by molar-refractivity contribution is 9.10. The Morgan fingerprint density at radius 1 is 1.27 bits per heavy atom. The number of nitrogens with zero attached hydrogens (tertiary/aromatic N) is 2. The summed E-state index contributed by atoms with van der Waals surface area (Å²) in [6.07, 6.45) is 0.0734. The molecule has 1 N–H and O–H groups in total. The summed E-state index contributed by atoms with van der Waals surface area (Å²) in [5.74, 6) is -0.976. The van der Waals surface area contributed by atoms with Gasteiger partial charge in [0.05, 0.1) is 16.5 Å². The average molecular weight is 418 g/mol. The lowest BCUT2D eigenvalue weighted by atomic mass is 10.1. The summed E-state index contributed by atoms with van der Waals surface area (Å²) in [5.41, 5.74) is 1.56. The van der Waals surface area contributed by atoms with E-state index >= 15 is 0 Å². The van der Waals surface area contributed by atoms with Gasteiger partial charge in [-0.3, -0.25) is 19.7 Å². The second kappa shape index (κ2) is 7.25. The molecule has 0 spiro atoms. The second-order valence-corrected chi connectivity index (χ2v) is 7.05. The molecule has 26 heavy (non-hydrogen) atoms. The van der Waals surface area contributed by atoms with E-state index in [-0.39, 0.29) is 30.5 Å². The highest BCUT2D eigenvalue weighted by Crippen LogP contribution is 2.30. The molecule has 0 unspecified atom stereocenters. The number of hydrogen-bond donors (Lipinski definition) is 1. The molecule has 0 aliphatic carbocycles. The van der Waals surface area contributed by atoms with Crippen LogP contribution in [-0.4, -0.2) is 23.3 Å². The van der Waals surface area contributed by atoms with Crippen LogP contribution in [0.3, 0.4) is 0 Å². The number of anilines is 2. The second-order valence-electron chi connectivity index (χ2n) is 6.13. The van der Waals surface area contributed by atoms with Crippen molar-refractivity contribution in [1.82, 2.24) is 0 Å². The summed E-state index contributed by atoms with van der Waals surface area (Å²) in [4.78, 5) is 36.8. The lowest BCUT2D eigenvalue weighted by Gasteiger charge is -2.17. The van der Waals surface area contributed by atoms with Gasteiger partial charge in [0.1, 0.15) is 0 Å². The molecular formula is C18H16BrN3O4. The molecule has 2 aromatic carbocycles. The van der Waals surface area contributed by atoms with E-state index in [2.05, 4.69) is 21.2 Å². The Balaban J connectivity index is 1.74. The summed E-state index contributed by atoms with van der Waals surface area (Å²) >= 11 is 3.33. The Hall–Kier alpha value is -2.74. The Bertz CT molecular complexity index is 883. The van der Waals surface area contributed by atoms with Gasteiger partial charge in [0.2, 0.25) is 11.8 Å². The van der Waals surface area contributed by atoms with Gasteiger partial charge in [-0.25, -0.2) is 0 Å². The van der Waals surface area contributed by atoms with Crippen LogP contribution in [-0.2, 0) is 9.59 Å². The maximum Gasteiger partial charge on any atom is 0.274 e. The Morgan fingerprint density at radius 2 is 1.96 bits per heavy atom. The van der Waals surface area contributed by atoms with Crippen molar-refractivity contribution in [1.29, 1.82) is 0 Å². The maximum absolute atomic E-state index is 12.4. The molecule has 1 fully saturated rings. The lowest BCUT2D eigenvalue weighted by molar-refractivity contribution is -0.385. The number of nitro benzene ring substituents is 1. The van der Waals surface area contributed by atoms with Gasteiger partial charge in [0.15, 0.2) is 0 Å². The number of halogens is 1. The van der Waals surface area contributed by atoms with E-state index in [0.29, 0.717) is 16.9 Å². The average Bonchev–Trinajstić information content (AvgIpc) is 2.99. The van der Waals surface area contributed by atoms with Gasteiger partial charge in [-0.1, -0.05) is 22.0 Å². The van der Waals surface area contributed by atoms with E-state index in [0.717, 1.165) is 4.47 Å². The lowest BCUT2D eigenvalue weighted by Crippen LogP contribution is -2.28. The summed E-state index contributed by atoms with van der Waals surface area (Å²) in [6.45, 7) is 1.84. The topological polar surface area (TPSA) is 92.6 Å². The summed E-state index contributed by atoms with van der Waals surface area (Å²) in [6, 6.07) is 11.8. The van der Waals surface area contributed by atoms with E-state index < -0.39 is 10.8 Å². The molecule has 0 radical (unpaired) electrons. The van der Waals surface area contributed by atoms with Crippen molar-refractivity contribution in [2.45, 2.75) is 13.3 Å². The number of amides is 2. The third-order valence-corrected chi connectivity index (χ3v) is 4.84. The highest BCUT2D eigenvalue weighted by Gasteiger charge is 2.35. The molecule has 8 heteroatoms. The van der Waals surface area contributed by atoms with Gasteiger partial charge in [-0.05, 0) is 37.3 Å². The van der Waals surface area contributed by atoms with Crippen LogP contribution >= 0.6 is 15.9 Å². The molecule has 1 aliphatic rings. The molecule has 0 saturated carbocycles. The minimum Gasteiger partial charge on any atom is -0.326 e. The zero-order valence-corrected chi connectivity index (χ0v) is 15.5. The Morgan fingerprint density at radius 3 is 2.62 bits per heavy atom. The fourth-order valence-corrected chi connectivity index (χ4v) is 3.14. The van der Waals surface area contributed by atoms with Crippen molar-refractivity contribution in [3.8, 4) is 0 Å². The van der Waals surface area contributed by atoms with Gasteiger partial charge in [-0.15, -0.1) is 0 Å². The molecule has 3 rings (SSSR count). The molecule has 1 aliphatic heterocycles. The van der Waals surface area contributed by atoms with Crippen LogP contribution < -0.4 is 10.2 Å². The van der Waals surface area contributed by atoms with Crippen molar-refractivity contribution >= 4 is 44.8 Å². The zero-order chi connectivity index (χ0) is 18.8. The largest absolute Gasteiger partial charge is 0.326 e. The predicted octanol–water partition coefficient (Wildman–Crippen LogP) is 3.66. The van der Waals surface area contributed by atoms with Crippen LogP contribution in [0.25, 0.3) is 0 Å². The van der Waals surface area contributed by atoms with E-state index in [1.165, 1.54) is 11.0 Å². The molecule has 1 atom stereocenters. The van der Waals surface area contributed by atoms with E-state index in [1.54, 1.807) is 31.2 Å². The first kappa shape index (κ1) is 18.1. The smallest absolute Gasteiger partial charge is 0.274 e. The molecule has 2 amide bonds. The fourth-order valence-electron chi connectivity index (χ4n) is 2.87. The van der Waals surface area contributed by atoms with Crippen LogP contribution in [0, 0.1) is 23.0 Å². The van der Waals surface area contributed by atoms with Crippen molar-refractivity contribution in [3.63, 3.8) is 0 Å². The summed E-state index contributed by atoms with van der Waals surface area (Å²) < 4.78 is 0.902. The highest BCUT2D eigenvalue weighted by atomic mass is 79.9. The monoisotopic (exact) mass is 417 g/mol. The van der Waals surface area contributed by atoms with Crippen LogP contribution in [0.1, 0.15) is 12.0 Å². The number of hydrogen-bond acceptors (Lipinski definition) is 4. The van der Waals surface area contributed by atoms with E-state index in [9.17, 15) is 19.7 Å². The number of aryl methyl sites for hydroxylation is 1. The van der Waals surface area contributed by atoms with E-state index in [4.69, 9.17) is 0 Å². The third-order valence-electron chi connectivity index (χ3n) is 4.31. The van der Waals surface area contributed by atoms with Gasteiger partial charge in [-0.2, -0.15) is 0 Å². The quantitative estimate of drug-likeness (QED) is 0.606. The van der Waals surface area contributed by atoms with Gasteiger partial charge < -0.3 is 10.2 Å². The van der Waals surface area contributed by atoms with Crippen molar-refractivity contribution < 1.29 is 14.5 Å². The summed E-state index contributed by atoms with van der Waals surface area (Å²) in [5, 5.41) is 13.9. The number of rotatable bonds is 4. The minimum atomic E-state index is -0.508. The van der Waals surface area contributed by atoms with Crippen molar-refractivity contribution in [3.05, 3.63) is 62.6 Å². The van der Waals surface area contributed by atoms with Gasteiger partial charge in [0.25, 0.3) is 5.69 Å². The van der Waals surface area contributed by atoms with Crippen LogP contribution in [0.2, 0.25) is 0 Å².